The molecule has 0 aromatic rings. The minimum Gasteiger partial charge on any atom is -0.462 e. The molecule has 388 valence electrons. The Hall–Kier alpha value is -3.67. The van der Waals surface area contributed by atoms with Gasteiger partial charge in [0.1, 0.15) is 13.2 Å². The maximum absolute atomic E-state index is 12.8. The Bertz CT molecular complexity index is 1360. The quantitative estimate of drug-likeness (QED) is 0.0262. The van der Waals surface area contributed by atoms with Gasteiger partial charge >= 0.3 is 17.9 Å². The van der Waals surface area contributed by atoms with Gasteiger partial charge in [0, 0.05) is 19.3 Å². The van der Waals surface area contributed by atoms with Crippen LogP contribution in [0.1, 0.15) is 258 Å². The van der Waals surface area contributed by atoms with Gasteiger partial charge in [0.25, 0.3) is 0 Å². The molecule has 0 N–H and O–H groups in total. The van der Waals surface area contributed by atoms with Gasteiger partial charge in [-0.15, -0.1) is 0 Å². The molecule has 0 rings (SSSR count). The van der Waals surface area contributed by atoms with E-state index in [1.807, 2.05) is 0 Å². The lowest BCUT2D eigenvalue weighted by molar-refractivity contribution is -0.167. The smallest absolute Gasteiger partial charge is 0.306 e. The van der Waals surface area contributed by atoms with E-state index in [4.69, 9.17) is 14.2 Å². The third-order valence-electron chi connectivity index (χ3n) is 11.8. The van der Waals surface area contributed by atoms with Crippen LogP contribution in [0.3, 0.4) is 0 Å². The van der Waals surface area contributed by atoms with E-state index in [-0.39, 0.29) is 37.5 Å². The molecule has 0 radical (unpaired) electrons. The SMILES string of the molecule is CC/C=C/C/C=C/C/C=C/C/C=C/C/C=C/CCCC(=O)O[C@H](COC(=O)CCCCCCC/C=C/C/C=C/C/C=C/CC)COC(=O)CCCCCCCCCCCCCCCCCCCC. The second kappa shape index (κ2) is 55.9. The first-order valence-corrected chi connectivity index (χ1v) is 28.2. The molecular formula is C62H104O6. The van der Waals surface area contributed by atoms with Crippen LogP contribution in [0.4, 0.5) is 0 Å². The van der Waals surface area contributed by atoms with Crippen molar-refractivity contribution >= 4 is 17.9 Å². The first-order chi connectivity index (χ1) is 33.5. The predicted molar refractivity (Wildman–Crippen MR) is 293 cm³/mol. The fraction of sp³-hybridized carbons (Fsp3) is 0.694. The van der Waals surface area contributed by atoms with Crippen molar-refractivity contribution in [3.63, 3.8) is 0 Å². The number of hydrogen-bond acceptors (Lipinski definition) is 6. The van der Waals surface area contributed by atoms with Crippen LogP contribution in [0.2, 0.25) is 0 Å². The Labute approximate surface area is 419 Å². The molecule has 0 saturated heterocycles. The second-order valence-corrected chi connectivity index (χ2v) is 18.4. The monoisotopic (exact) mass is 945 g/mol. The molecule has 0 unspecified atom stereocenters. The van der Waals surface area contributed by atoms with Crippen molar-refractivity contribution in [3.05, 3.63) is 97.2 Å². The molecule has 0 aliphatic rings. The first kappa shape index (κ1) is 64.3. The Kier molecular flexibility index (Phi) is 52.9. The van der Waals surface area contributed by atoms with Crippen molar-refractivity contribution in [1.29, 1.82) is 0 Å². The van der Waals surface area contributed by atoms with Gasteiger partial charge in [0.2, 0.25) is 0 Å². The summed E-state index contributed by atoms with van der Waals surface area (Å²) >= 11 is 0. The van der Waals surface area contributed by atoms with Gasteiger partial charge in [0.05, 0.1) is 0 Å². The third kappa shape index (κ3) is 53.3. The molecule has 1 atom stereocenters. The van der Waals surface area contributed by atoms with E-state index in [9.17, 15) is 14.4 Å². The van der Waals surface area contributed by atoms with Gasteiger partial charge in [-0.05, 0) is 89.9 Å². The fourth-order valence-electron chi connectivity index (χ4n) is 7.67. The lowest BCUT2D eigenvalue weighted by atomic mass is 10.0. The van der Waals surface area contributed by atoms with Crippen LogP contribution in [0.15, 0.2) is 97.2 Å². The van der Waals surface area contributed by atoms with Crippen LogP contribution in [0, 0.1) is 0 Å². The van der Waals surface area contributed by atoms with Crippen LogP contribution in [-0.2, 0) is 28.6 Å². The zero-order valence-corrected chi connectivity index (χ0v) is 44.3. The molecule has 6 nitrogen and oxygen atoms in total. The lowest BCUT2D eigenvalue weighted by Gasteiger charge is -2.18. The summed E-state index contributed by atoms with van der Waals surface area (Å²) in [6, 6.07) is 0. The maximum Gasteiger partial charge on any atom is 0.306 e. The Morgan fingerprint density at radius 2 is 0.588 bits per heavy atom. The minimum absolute atomic E-state index is 0.104. The van der Waals surface area contributed by atoms with Gasteiger partial charge in [-0.1, -0.05) is 246 Å². The summed E-state index contributed by atoms with van der Waals surface area (Å²) in [6.45, 7) is 6.37. The molecule has 0 aromatic heterocycles. The minimum atomic E-state index is -0.814. The van der Waals surface area contributed by atoms with Crippen molar-refractivity contribution in [3.8, 4) is 0 Å². The summed E-state index contributed by atoms with van der Waals surface area (Å²) in [5.41, 5.74) is 0. The van der Waals surface area contributed by atoms with Crippen LogP contribution >= 0.6 is 0 Å². The molecule has 0 aromatic carbocycles. The molecular weight excluding hydrogens is 841 g/mol. The summed E-state index contributed by atoms with van der Waals surface area (Å²) in [6.07, 6.45) is 74.0. The average molecular weight is 946 g/mol. The normalized spacial score (nSPS) is 12.8. The highest BCUT2D eigenvalue weighted by molar-refractivity contribution is 5.71. The molecule has 0 heterocycles. The van der Waals surface area contributed by atoms with Crippen molar-refractivity contribution < 1.29 is 28.6 Å². The van der Waals surface area contributed by atoms with Crippen LogP contribution < -0.4 is 0 Å². The molecule has 0 aliphatic carbocycles. The topological polar surface area (TPSA) is 78.9 Å². The number of esters is 3. The van der Waals surface area contributed by atoms with E-state index < -0.39 is 6.10 Å². The molecule has 6 heteroatoms. The highest BCUT2D eigenvalue weighted by atomic mass is 16.6. The molecule has 0 fully saturated rings. The molecule has 0 saturated carbocycles. The molecule has 0 amide bonds. The number of hydrogen-bond donors (Lipinski definition) is 0. The van der Waals surface area contributed by atoms with Gasteiger partial charge in [-0.25, -0.2) is 0 Å². The summed E-state index contributed by atoms with van der Waals surface area (Å²) in [4.78, 5) is 38.1. The van der Waals surface area contributed by atoms with Crippen LogP contribution in [-0.4, -0.2) is 37.2 Å². The molecule has 0 spiro atoms. The van der Waals surface area contributed by atoms with E-state index in [0.29, 0.717) is 19.3 Å². The van der Waals surface area contributed by atoms with Gasteiger partial charge in [-0.2, -0.15) is 0 Å². The van der Waals surface area contributed by atoms with Gasteiger partial charge in [-0.3, -0.25) is 14.4 Å². The molecule has 0 aliphatic heterocycles. The Morgan fingerprint density at radius 1 is 0.309 bits per heavy atom. The maximum atomic E-state index is 12.8. The van der Waals surface area contributed by atoms with Crippen molar-refractivity contribution in [2.75, 3.05) is 13.2 Å². The zero-order chi connectivity index (χ0) is 49.3. The average Bonchev–Trinajstić information content (AvgIpc) is 3.34. The largest absolute Gasteiger partial charge is 0.462 e. The Morgan fingerprint density at radius 3 is 0.941 bits per heavy atom. The van der Waals surface area contributed by atoms with E-state index in [1.165, 1.54) is 96.3 Å². The van der Waals surface area contributed by atoms with E-state index in [2.05, 4.69) is 118 Å². The summed E-state index contributed by atoms with van der Waals surface area (Å²) in [7, 11) is 0. The summed E-state index contributed by atoms with van der Waals surface area (Å²) in [5, 5.41) is 0. The summed E-state index contributed by atoms with van der Waals surface area (Å²) < 4.78 is 16.8. The standard InChI is InChI=1S/C62H104O6/c1-4-7-10-13-16-19-22-25-28-30-32-34-37-40-43-46-49-52-55-61(64)67-58-59(57-66-60(63)54-51-48-45-42-39-36-33-27-24-21-18-15-12-9-6-3)68-62(65)56-53-50-47-44-41-38-35-31-29-26-23-20-17-14-11-8-5-2/h8-9,11-12,17-18,20-21,26-27,29,33,35,38,44,47,59H,4-7,10,13-16,19,22-25,28,30-32,34,36-37,39-43,45-46,48-58H2,1-3H3/b11-8+,12-9+,20-17+,21-18+,29-26+,33-27+,38-35+,47-44+/t59-/m1/s1. The van der Waals surface area contributed by atoms with E-state index in [0.717, 1.165) is 116 Å². The van der Waals surface area contributed by atoms with Crippen molar-refractivity contribution in [2.45, 2.75) is 264 Å². The fourth-order valence-corrected chi connectivity index (χ4v) is 7.67. The zero-order valence-electron chi connectivity index (χ0n) is 44.3. The lowest BCUT2D eigenvalue weighted by Crippen LogP contribution is -2.30. The highest BCUT2D eigenvalue weighted by Crippen LogP contribution is 2.16. The molecule has 68 heavy (non-hydrogen) atoms. The van der Waals surface area contributed by atoms with E-state index >= 15 is 0 Å². The number of rotatable bonds is 50. The second-order valence-electron chi connectivity index (χ2n) is 18.4. The molecule has 0 bridgehead atoms. The van der Waals surface area contributed by atoms with Gasteiger partial charge in [0.15, 0.2) is 6.10 Å². The number of carbonyl (C=O) groups is 3. The highest BCUT2D eigenvalue weighted by Gasteiger charge is 2.19. The van der Waals surface area contributed by atoms with Crippen LogP contribution in [0.25, 0.3) is 0 Å². The Balaban J connectivity index is 4.48. The van der Waals surface area contributed by atoms with Gasteiger partial charge < -0.3 is 14.2 Å². The number of unbranched alkanes of at least 4 members (excludes halogenated alkanes) is 23. The summed E-state index contributed by atoms with van der Waals surface area (Å²) in [5.74, 6) is -0.977. The predicted octanol–water partition coefficient (Wildman–Crippen LogP) is 18.9. The number of carbonyl (C=O) groups excluding carboxylic acids is 3. The van der Waals surface area contributed by atoms with Crippen LogP contribution in [0.5, 0.6) is 0 Å². The number of allylic oxidation sites excluding steroid dienone is 16. The first-order valence-electron chi connectivity index (χ1n) is 28.2. The van der Waals surface area contributed by atoms with Crippen molar-refractivity contribution in [1.82, 2.24) is 0 Å². The third-order valence-corrected chi connectivity index (χ3v) is 11.8. The van der Waals surface area contributed by atoms with E-state index in [1.54, 1.807) is 0 Å². The number of ether oxygens (including phenoxy) is 3. The van der Waals surface area contributed by atoms with Crippen molar-refractivity contribution in [2.24, 2.45) is 0 Å².